The molecule has 102 valence electrons. The third kappa shape index (κ3) is 5.16. The van der Waals surface area contributed by atoms with E-state index in [1.807, 2.05) is 25.6 Å². The minimum Gasteiger partial charge on any atom is -0.313 e. The van der Waals surface area contributed by atoms with Crippen LogP contribution in [0.2, 0.25) is 0 Å². The molecular formula is C11H24N2O2S2. The fraction of sp³-hybridized carbons (Fsp3) is 1.00. The van der Waals surface area contributed by atoms with Crippen LogP contribution >= 0.6 is 11.8 Å². The van der Waals surface area contributed by atoms with E-state index in [2.05, 4.69) is 11.6 Å². The van der Waals surface area contributed by atoms with Gasteiger partial charge in [-0.3, -0.25) is 0 Å². The Morgan fingerprint density at radius 2 is 1.94 bits per heavy atom. The normalized spacial score (nSPS) is 20.0. The van der Waals surface area contributed by atoms with Gasteiger partial charge in [0.1, 0.15) is 0 Å². The van der Waals surface area contributed by atoms with E-state index in [1.165, 1.54) is 0 Å². The van der Waals surface area contributed by atoms with Crippen LogP contribution in [0.5, 0.6) is 0 Å². The van der Waals surface area contributed by atoms with E-state index < -0.39 is 10.0 Å². The zero-order chi connectivity index (χ0) is 12.9. The van der Waals surface area contributed by atoms with Crippen LogP contribution in [-0.2, 0) is 10.0 Å². The molecule has 0 radical (unpaired) electrons. The molecule has 0 unspecified atom stereocenters. The molecule has 17 heavy (non-hydrogen) atoms. The van der Waals surface area contributed by atoms with Crippen molar-refractivity contribution in [3.05, 3.63) is 0 Å². The van der Waals surface area contributed by atoms with Crippen molar-refractivity contribution in [2.45, 2.75) is 38.0 Å². The van der Waals surface area contributed by atoms with Crippen LogP contribution in [0.3, 0.4) is 0 Å². The van der Waals surface area contributed by atoms with Crippen molar-refractivity contribution in [2.75, 3.05) is 31.6 Å². The van der Waals surface area contributed by atoms with Gasteiger partial charge in [0.2, 0.25) is 10.0 Å². The Kier molecular flexibility index (Phi) is 6.26. The van der Waals surface area contributed by atoms with Crippen LogP contribution in [0.25, 0.3) is 0 Å². The first kappa shape index (κ1) is 15.3. The Bertz CT molecular complexity index is 309. The molecule has 1 heterocycles. The minimum atomic E-state index is -3.05. The first-order valence-corrected chi connectivity index (χ1v) is 9.09. The first-order valence-electron chi connectivity index (χ1n) is 6.19. The Hall–Kier alpha value is 0.220. The highest BCUT2D eigenvalue weighted by atomic mass is 32.2. The Morgan fingerprint density at radius 3 is 2.41 bits per heavy atom. The van der Waals surface area contributed by atoms with Gasteiger partial charge in [-0.1, -0.05) is 13.8 Å². The fourth-order valence-corrected chi connectivity index (χ4v) is 4.04. The Balaban J connectivity index is 2.38. The Morgan fingerprint density at radius 1 is 1.35 bits per heavy atom. The van der Waals surface area contributed by atoms with E-state index in [1.54, 1.807) is 4.31 Å². The van der Waals surface area contributed by atoms with Crippen molar-refractivity contribution < 1.29 is 8.42 Å². The number of rotatable bonds is 6. The second-order valence-corrected chi connectivity index (χ2v) is 7.99. The summed E-state index contributed by atoms with van der Waals surface area (Å²) < 4.78 is 25.7. The van der Waals surface area contributed by atoms with Gasteiger partial charge in [0.25, 0.3) is 0 Å². The number of nitrogens with zero attached hydrogens (tertiary/aromatic N) is 1. The standard InChI is InChI=1S/C11H24N2O2S2/c1-10(2)12-6-9-17(14,15)13-7-4-11(16-3)5-8-13/h10-12H,4-9H2,1-3H3. The van der Waals surface area contributed by atoms with Gasteiger partial charge in [0, 0.05) is 30.9 Å². The molecule has 0 aromatic carbocycles. The van der Waals surface area contributed by atoms with Crippen LogP contribution in [0.4, 0.5) is 0 Å². The van der Waals surface area contributed by atoms with Gasteiger partial charge < -0.3 is 5.32 Å². The highest BCUT2D eigenvalue weighted by Crippen LogP contribution is 2.22. The maximum atomic E-state index is 12.0. The first-order chi connectivity index (χ1) is 7.95. The lowest BCUT2D eigenvalue weighted by atomic mass is 10.2. The second kappa shape index (κ2) is 6.97. The molecular weight excluding hydrogens is 256 g/mol. The highest BCUT2D eigenvalue weighted by molar-refractivity contribution is 7.99. The van der Waals surface area contributed by atoms with Gasteiger partial charge in [-0.25, -0.2) is 12.7 Å². The number of hydrogen-bond acceptors (Lipinski definition) is 4. The van der Waals surface area contributed by atoms with Crippen LogP contribution < -0.4 is 5.32 Å². The van der Waals surface area contributed by atoms with Crippen molar-refractivity contribution in [3.8, 4) is 0 Å². The lowest BCUT2D eigenvalue weighted by Crippen LogP contribution is -2.42. The average Bonchev–Trinajstić information content (AvgIpc) is 2.28. The van der Waals surface area contributed by atoms with Gasteiger partial charge in [-0.2, -0.15) is 11.8 Å². The molecule has 0 spiro atoms. The maximum Gasteiger partial charge on any atom is 0.215 e. The predicted molar refractivity (Wildman–Crippen MR) is 75.0 cm³/mol. The molecule has 1 N–H and O–H groups in total. The molecule has 1 fully saturated rings. The molecule has 0 aromatic heterocycles. The molecule has 1 rings (SSSR count). The SMILES string of the molecule is CSC1CCN(S(=O)(=O)CCNC(C)C)CC1. The lowest BCUT2D eigenvalue weighted by molar-refractivity contribution is 0.352. The monoisotopic (exact) mass is 280 g/mol. The summed E-state index contributed by atoms with van der Waals surface area (Å²) in [5.41, 5.74) is 0. The van der Waals surface area contributed by atoms with Crippen molar-refractivity contribution >= 4 is 21.8 Å². The second-order valence-electron chi connectivity index (χ2n) is 4.76. The molecule has 4 nitrogen and oxygen atoms in total. The average molecular weight is 280 g/mol. The number of sulfonamides is 1. The summed E-state index contributed by atoms with van der Waals surface area (Å²) in [6.45, 7) is 5.97. The molecule has 0 bridgehead atoms. The van der Waals surface area contributed by atoms with Crippen molar-refractivity contribution in [3.63, 3.8) is 0 Å². The summed E-state index contributed by atoms with van der Waals surface area (Å²) in [4.78, 5) is 0. The predicted octanol–water partition coefficient (Wildman–Crippen LogP) is 1.14. The number of hydrogen-bond donors (Lipinski definition) is 1. The van der Waals surface area contributed by atoms with E-state index in [0.717, 1.165) is 12.8 Å². The van der Waals surface area contributed by atoms with E-state index in [4.69, 9.17) is 0 Å². The van der Waals surface area contributed by atoms with Crippen molar-refractivity contribution in [1.82, 2.24) is 9.62 Å². The third-order valence-corrected chi connectivity index (χ3v) is 6.05. The third-order valence-electron chi connectivity index (χ3n) is 3.04. The molecule has 0 amide bonds. The summed E-state index contributed by atoms with van der Waals surface area (Å²) in [6.07, 6.45) is 4.07. The Labute approximate surface area is 110 Å². The summed E-state index contributed by atoms with van der Waals surface area (Å²) >= 11 is 1.85. The van der Waals surface area contributed by atoms with Crippen LogP contribution in [0, 0.1) is 0 Å². The zero-order valence-corrected chi connectivity index (χ0v) is 12.6. The van der Waals surface area contributed by atoms with Crippen LogP contribution in [-0.4, -0.2) is 55.7 Å². The molecule has 0 atom stereocenters. The summed E-state index contributed by atoms with van der Waals surface area (Å²) in [7, 11) is -3.05. The quantitative estimate of drug-likeness (QED) is 0.793. The molecule has 0 aliphatic carbocycles. The largest absolute Gasteiger partial charge is 0.313 e. The van der Waals surface area contributed by atoms with Crippen molar-refractivity contribution in [2.24, 2.45) is 0 Å². The number of nitrogens with one attached hydrogen (secondary N) is 1. The fourth-order valence-electron chi connectivity index (χ4n) is 1.95. The highest BCUT2D eigenvalue weighted by Gasteiger charge is 2.27. The van der Waals surface area contributed by atoms with Crippen LogP contribution in [0.15, 0.2) is 0 Å². The summed E-state index contributed by atoms with van der Waals surface area (Å²) in [5, 5.41) is 3.79. The molecule has 6 heteroatoms. The van der Waals surface area contributed by atoms with Crippen LogP contribution in [0.1, 0.15) is 26.7 Å². The van der Waals surface area contributed by atoms with Gasteiger partial charge in [-0.15, -0.1) is 0 Å². The van der Waals surface area contributed by atoms with Gasteiger partial charge in [0.15, 0.2) is 0 Å². The number of piperidine rings is 1. The zero-order valence-electron chi connectivity index (χ0n) is 11.0. The lowest BCUT2D eigenvalue weighted by Gasteiger charge is -2.30. The van der Waals surface area contributed by atoms with Gasteiger partial charge >= 0.3 is 0 Å². The van der Waals surface area contributed by atoms with E-state index in [9.17, 15) is 8.42 Å². The van der Waals surface area contributed by atoms with E-state index >= 15 is 0 Å². The summed E-state index contributed by atoms with van der Waals surface area (Å²) in [5.74, 6) is 0.217. The summed E-state index contributed by atoms with van der Waals surface area (Å²) in [6, 6.07) is 0.340. The maximum absolute atomic E-state index is 12.0. The topological polar surface area (TPSA) is 49.4 Å². The van der Waals surface area contributed by atoms with Crippen molar-refractivity contribution in [1.29, 1.82) is 0 Å². The molecule has 0 saturated carbocycles. The smallest absolute Gasteiger partial charge is 0.215 e. The van der Waals surface area contributed by atoms with E-state index in [0.29, 0.717) is 30.9 Å². The molecule has 1 aliphatic rings. The van der Waals surface area contributed by atoms with Gasteiger partial charge in [-0.05, 0) is 19.1 Å². The van der Waals surface area contributed by atoms with E-state index in [-0.39, 0.29) is 5.75 Å². The molecule has 1 aliphatic heterocycles. The molecule has 0 aromatic rings. The molecule has 1 saturated heterocycles. The number of thioether (sulfide) groups is 1. The van der Waals surface area contributed by atoms with Gasteiger partial charge in [0.05, 0.1) is 5.75 Å². The minimum absolute atomic E-state index is 0.217.